The van der Waals surface area contributed by atoms with E-state index in [4.69, 9.17) is 15.6 Å². The molecule has 0 fully saturated rings. The van der Waals surface area contributed by atoms with Crippen LogP contribution in [0.1, 0.15) is 11.3 Å². The number of halogens is 3. The van der Waals surface area contributed by atoms with Gasteiger partial charge in [-0.3, -0.25) is 5.41 Å². The predicted molar refractivity (Wildman–Crippen MR) is 60.2 cm³/mol. The Labute approximate surface area is 101 Å². The van der Waals surface area contributed by atoms with Crippen molar-refractivity contribution in [1.29, 1.82) is 5.41 Å². The molecule has 0 spiro atoms. The highest BCUT2D eigenvalue weighted by Crippen LogP contribution is 2.37. The Balaban J connectivity index is 2.53. The summed E-state index contributed by atoms with van der Waals surface area (Å²) in [7, 11) is 0. The number of nitrogens with one attached hydrogen (secondary N) is 1. The van der Waals surface area contributed by atoms with Crippen molar-refractivity contribution in [3.05, 3.63) is 47.7 Å². The van der Waals surface area contributed by atoms with Crippen LogP contribution >= 0.6 is 0 Å². The van der Waals surface area contributed by atoms with Crippen molar-refractivity contribution in [2.24, 2.45) is 5.73 Å². The molecule has 0 amide bonds. The number of alkyl halides is 3. The van der Waals surface area contributed by atoms with Gasteiger partial charge in [-0.2, -0.15) is 13.2 Å². The number of hydrogen-bond acceptors (Lipinski definition) is 2. The van der Waals surface area contributed by atoms with E-state index in [1.165, 1.54) is 30.3 Å². The Morgan fingerprint density at radius 3 is 2.33 bits per heavy atom. The number of hydrogen-bond donors (Lipinski definition) is 2. The second kappa shape index (κ2) is 4.21. The van der Waals surface area contributed by atoms with Crippen molar-refractivity contribution >= 4 is 5.84 Å². The van der Waals surface area contributed by atoms with E-state index in [1.807, 2.05) is 0 Å². The van der Waals surface area contributed by atoms with E-state index in [2.05, 4.69) is 0 Å². The van der Waals surface area contributed by atoms with Crippen molar-refractivity contribution in [1.82, 2.24) is 0 Å². The van der Waals surface area contributed by atoms with Crippen molar-refractivity contribution < 1.29 is 17.6 Å². The zero-order valence-corrected chi connectivity index (χ0v) is 9.08. The lowest BCUT2D eigenvalue weighted by Gasteiger charge is -2.10. The molecule has 2 rings (SSSR count). The highest BCUT2D eigenvalue weighted by molar-refractivity contribution is 5.92. The van der Waals surface area contributed by atoms with Crippen LogP contribution in [0.15, 0.2) is 40.8 Å². The van der Waals surface area contributed by atoms with Gasteiger partial charge in [-0.1, -0.05) is 18.2 Å². The minimum Gasteiger partial charge on any atom is -0.453 e. The van der Waals surface area contributed by atoms with E-state index < -0.39 is 11.7 Å². The SMILES string of the molecule is N=C(N)c1ccc(-c2ccccc2C(F)(F)F)o1. The van der Waals surface area contributed by atoms with Gasteiger partial charge >= 0.3 is 6.18 Å². The van der Waals surface area contributed by atoms with Crippen LogP contribution in [0.2, 0.25) is 0 Å². The molecule has 0 aliphatic heterocycles. The van der Waals surface area contributed by atoms with E-state index >= 15 is 0 Å². The average Bonchev–Trinajstić information content (AvgIpc) is 2.77. The topological polar surface area (TPSA) is 63.0 Å². The first kappa shape index (κ1) is 12.2. The Morgan fingerprint density at radius 1 is 1.11 bits per heavy atom. The molecule has 0 bridgehead atoms. The van der Waals surface area contributed by atoms with Crippen LogP contribution in [0, 0.1) is 5.41 Å². The van der Waals surface area contributed by atoms with Crippen LogP contribution < -0.4 is 5.73 Å². The molecule has 1 heterocycles. The van der Waals surface area contributed by atoms with Crippen molar-refractivity contribution in [3.63, 3.8) is 0 Å². The highest BCUT2D eigenvalue weighted by Gasteiger charge is 2.34. The van der Waals surface area contributed by atoms with Gasteiger partial charge in [0, 0.05) is 5.56 Å². The van der Waals surface area contributed by atoms with Crippen molar-refractivity contribution in [3.8, 4) is 11.3 Å². The third-order valence-electron chi connectivity index (χ3n) is 2.37. The largest absolute Gasteiger partial charge is 0.453 e. The number of furan rings is 1. The maximum absolute atomic E-state index is 12.8. The third kappa shape index (κ3) is 2.22. The van der Waals surface area contributed by atoms with Crippen LogP contribution in [0.4, 0.5) is 13.2 Å². The zero-order chi connectivity index (χ0) is 13.3. The molecule has 3 nitrogen and oxygen atoms in total. The summed E-state index contributed by atoms with van der Waals surface area (Å²) < 4.78 is 43.5. The molecule has 0 saturated carbocycles. The fourth-order valence-electron chi connectivity index (χ4n) is 1.57. The summed E-state index contributed by atoms with van der Waals surface area (Å²) >= 11 is 0. The fourth-order valence-corrected chi connectivity index (χ4v) is 1.57. The first-order valence-electron chi connectivity index (χ1n) is 5.00. The third-order valence-corrected chi connectivity index (χ3v) is 2.37. The summed E-state index contributed by atoms with van der Waals surface area (Å²) in [6, 6.07) is 7.81. The molecule has 0 aliphatic rings. The monoisotopic (exact) mass is 254 g/mol. The number of rotatable bonds is 2. The van der Waals surface area contributed by atoms with E-state index in [1.54, 1.807) is 0 Å². The summed E-state index contributed by atoms with van der Waals surface area (Å²) in [4.78, 5) is 0. The molecule has 2 aromatic rings. The Morgan fingerprint density at radius 2 is 1.78 bits per heavy atom. The summed E-state index contributed by atoms with van der Waals surface area (Å²) in [6.45, 7) is 0. The average molecular weight is 254 g/mol. The van der Waals surface area contributed by atoms with Gasteiger partial charge in [-0.05, 0) is 18.2 Å². The minimum absolute atomic E-state index is 0.0353. The van der Waals surface area contributed by atoms with E-state index in [0.29, 0.717) is 0 Å². The Bertz CT molecular complexity index is 587. The normalized spacial score (nSPS) is 11.5. The standard InChI is InChI=1S/C12H9F3N2O/c13-12(14,15)8-4-2-1-3-7(8)9-5-6-10(18-9)11(16)17/h1-6H,(H3,16,17). The molecule has 1 aromatic heterocycles. The van der Waals surface area contributed by atoms with Gasteiger partial charge in [-0.15, -0.1) is 0 Å². The lowest BCUT2D eigenvalue weighted by Crippen LogP contribution is -2.09. The summed E-state index contributed by atoms with van der Waals surface area (Å²) in [6.07, 6.45) is -4.46. The zero-order valence-electron chi connectivity index (χ0n) is 9.08. The number of nitrogen functional groups attached to an aromatic ring is 1. The maximum atomic E-state index is 12.8. The lowest BCUT2D eigenvalue weighted by atomic mass is 10.1. The molecule has 0 radical (unpaired) electrons. The second-order valence-electron chi connectivity index (χ2n) is 3.62. The summed E-state index contributed by atoms with van der Waals surface area (Å²) in [5, 5.41) is 7.15. The Kier molecular flexibility index (Phi) is 2.86. The minimum atomic E-state index is -4.46. The molecule has 6 heteroatoms. The van der Waals surface area contributed by atoms with Crippen LogP contribution in [-0.2, 0) is 6.18 Å². The molecular formula is C12H9F3N2O. The van der Waals surface area contributed by atoms with Gasteiger partial charge in [0.2, 0.25) is 0 Å². The van der Waals surface area contributed by atoms with Crippen molar-refractivity contribution in [2.45, 2.75) is 6.18 Å². The van der Waals surface area contributed by atoms with E-state index in [-0.39, 0.29) is 22.9 Å². The van der Waals surface area contributed by atoms with Gasteiger partial charge in [0.25, 0.3) is 0 Å². The smallest absolute Gasteiger partial charge is 0.417 e. The van der Waals surface area contributed by atoms with Crippen LogP contribution in [0.25, 0.3) is 11.3 Å². The van der Waals surface area contributed by atoms with Crippen LogP contribution in [-0.4, -0.2) is 5.84 Å². The van der Waals surface area contributed by atoms with Gasteiger partial charge in [-0.25, -0.2) is 0 Å². The predicted octanol–water partition coefficient (Wildman–Crippen LogP) is 3.25. The molecule has 0 saturated heterocycles. The van der Waals surface area contributed by atoms with Gasteiger partial charge < -0.3 is 10.2 Å². The second-order valence-corrected chi connectivity index (χ2v) is 3.62. The molecule has 0 atom stereocenters. The van der Waals surface area contributed by atoms with Gasteiger partial charge in [0.05, 0.1) is 5.56 Å². The van der Waals surface area contributed by atoms with Gasteiger partial charge in [0.15, 0.2) is 11.6 Å². The lowest BCUT2D eigenvalue weighted by molar-refractivity contribution is -0.137. The number of benzene rings is 1. The van der Waals surface area contributed by atoms with E-state index in [0.717, 1.165) is 6.07 Å². The molecule has 0 unspecified atom stereocenters. The maximum Gasteiger partial charge on any atom is 0.417 e. The molecular weight excluding hydrogens is 245 g/mol. The van der Waals surface area contributed by atoms with Crippen LogP contribution in [0.3, 0.4) is 0 Å². The highest BCUT2D eigenvalue weighted by atomic mass is 19.4. The number of amidine groups is 1. The first-order valence-corrected chi connectivity index (χ1v) is 5.00. The fraction of sp³-hybridized carbons (Fsp3) is 0.0833. The quantitative estimate of drug-likeness (QED) is 0.638. The van der Waals surface area contributed by atoms with Crippen molar-refractivity contribution in [2.75, 3.05) is 0 Å². The molecule has 0 aliphatic carbocycles. The summed E-state index contributed by atoms with van der Waals surface area (Å²) in [5.74, 6) is -0.249. The summed E-state index contributed by atoms with van der Waals surface area (Å²) in [5.41, 5.74) is 4.34. The molecule has 94 valence electrons. The van der Waals surface area contributed by atoms with E-state index in [9.17, 15) is 13.2 Å². The Hall–Kier alpha value is -2.24. The molecule has 18 heavy (non-hydrogen) atoms. The first-order chi connectivity index (χ1) is 8.39. The molecule has 3 N–H and O–H groups in total. The molecule has 1 aromatic carbocycles. The van der Waals surface area contributed by atoms with Gasteiger partial charge in [0.1, 0.15) is 5.76 Å². The number of nitrogens with two attached hydrogens (primary N) is 1. The van der Waals surface area contributed by atoms with Crippen LogP contribution in [0.5, 0.6) is 0 Å².